The number of halogens is 1. The molecule has 206 valence electrons. The average Bonchev–Trinajstić information content (AvgIpc) is 2.87. The summed E-state index contributed by atoms with van der Waals surface area (Å²) in [6, 6.07) is 14.9. The number of aliphatic carboxylic acids is 1. The normalized spacial score (nSPS) is 19.4. The molecule has 1 fully saturated rings. The highest BCUT2D eigenvalue weighted by Crippen LogP contribution is 2.44. The molecule has 0 atom stereocenters. The highest BCUT2D eigenvalue weighted by Gasteiger charge is 2.43. The predicted molar refractivity (Wildman–Crippen MR) is 152 cm³/mol. The second-order valence-corrected chi connectivity index (χ2v) is 12.0. The summed E-state index contributed by atoms with van der Waals surface area (Å²) in [5, 5.41) is 12.1. The number of hydrogen-bond donors (Lipinski definition) is 2. The predicted octanol–water partition coefficient (Wildman–Crippen LogP) is 5.61. The summed E-state index contributed by atoms with van der Waals surface area (Å²) in [6.45, 7) is 8.10. The lowest BCUT2D eigenvalue weighted by Gasteiger charge is -2.50. The van der Waals surface area contributed by atoms with Crippen LogP contribution in [0.2, 0.25) is 5.02 Å². The van der Waals surface area contributed by atoms with Gasteiger partial charge in [0.2, 0.25) is 6.41 Å². The van der Waals surface area contributed by atoms with Crippen LogP contribution in [0, 0.1) is 11.3 Å². The number of likely N-dealkylation sites (N-methyl/N-ethyl adjacent to an activating group) is 1. The van der Waals surface area contributed by atoms with Gasteiger partial charge in [-0.15, -0.1) is 0 Å². The second-order valence-electron chi connectivity index (χ2n) is 11.5. The molecule has 0 saturated heterocycles. The zero-order valence-electron chi connectivity index (χ0n) is 22.9. The van der Waals surface area contributed by atoms with E-state index in [1.54, 1.807) is 12.1 Å². The lowest BCUT2D eigenvalue weighted by molar-refractivity contribution is -0.136. The lowest BCUT2D eigenvalue weighted by Crippen LogP contribution is -2.57. The average molecular weight is 542 g/mol. The first-order valence-electron chi connectivity index (χ1n) is 13.2. The molecule has 0 unspecified atom stereocenters. The minimum atomic E-state index is -0.957. The fraction of sp³-hybridized carbons (Fsp3) is 0.500. The van der Waals surface area contributed by atoms with Gasteiger partial charge in [-0.2, -0.15) is 0 Å². The van der Waals surface area contributed by atoms with Crippen molar-refractivity contribution in [3.63, 3.8) is 0 Å². The van der Waals surface area contributed by atoms with Crippen LogP contribution in [0.1, 0.15) is 68.8 Å². The quantitative estimate of drug-likeness (QED) is 0.361. The Morgan fingerprint density at radius 1 is 1.08 bits per heavy atom. The maximum Gasteiger partial charge on any atom is 0.305 e. The first-order valence-corrected chi connectivity index (χ1v) is 13.6. The maximum absolute atomic E-state index is 12.6. The van der Waals surface area contributed by atoms with Crippen molar-refractivity contribution in [2.24, 2.45) is 11.3 Å². The lowest BCUT2D eigenvalue weighted by atomic mass is 9.66. The summed E-state index contributed by atoms with van der Waals surface area (Å²) in [4.78, 5) is 39.7. The van der Waals surface area contributed by atoms with Crippen molar-refractivity contribution < 1.29 is 19.5 Å². The molecule has 3 rings (SSSR count). The van der Waals surface area contributed by atoms with E-state index in [1.807, 2.05) is 41.3 Å². The van der Waals surface area contributed by atoms with E-state index in [4.69, 9.17) is 16.7 Å². The molecule has 8 heteroatoms. The number of carbonyl (C=O) groups excluding carboxylic acids is 2. The molecule has 0 aromatic heterocycles. The van der Waals surface area contributed by atoms with Crippen LogP contribution in [0.25, 0.3) is 0 Å². The molecule has 1 aliphatic carbocycles. The summed E-state index contributed by atoms with van der Waals surface area (Å²) in [5.74, 6) is -0.669. The van der Waals surface area contributed by atoms with E-state index in [2.05, 4.69) is 38.0 Å². The van der Waals surface area contributed by atoms with E-state index in [1.165, 1.54) is 0 Å². The van der Waals surface area contributed by atoms with E-state index >= 15 is 0 Å². The third-order valence-electron chi connectivity index (χ3n) is 7.87. The van der Waals surface area contributed by atoms with Gasteiger partial charge in [0.1, 0.15) is 0 Å². The summed E-state index contributed by atoms with van der Waals surface area (Å²) in [6.07, 6.45) is 4.78. The maximum atomic E-state index is 12.6. The van der Waals surface area contributed by atoms with Crippen LogP contribution < -0.4 is 10.2 Å². The van der Waals surface area contributed by atoms with Crippen LogP contribution in [0.15, 0.2) is 48.5 Å². The third-order valence-corrected chi connectivity index (χ3v) is 8.12. The molecule has 0 spiro atoms. The van der Waals surface area contributed by atoms with Gasteiger partial charge in [-0.1, -0.05) is 44.5 Å². The molecule has 2 aromatic carbocycles. The number of nitrogens with one attached hydrogen (secondary N) is 1. The SMILES string of the molecule is CN(CC1(N(C=O)Cc2ccc(C(=O)NCCC(=O)O)cc2)CCC(C(C)(C)C)CC1)c1ccc(Cl)cc1. The zero-order chi connectivity index (χ0) is 27.9. The largest absolute Gasteiger partial charge is 0.481 e. The molecule has 0 radical (unpaired) electrons. The van der Waals surface area contributed by atoms with E-state index in [9.17, 15) is 14.4 Å². The van der Waals surface area contributed by atoms with Crippen LogP contribution in [0.5, 0.6) is 0 Å². The van der Waals surface area contributed by atoms with Crippen molar-refractivity contribution in [2.75, 3.05) is 25.0 Å². The van der Waals surface area contributed by atoms with E-state index in [0.717, 1.165) is 43.3 Å². The summed E-state index contributed by atoms with van der Waals surface area (Å²) >= 11 is 6.10. The smallest absolute Gasteiger partial charge is 0.305 e. The Labute approximate surface area is 231 Å². The third kappa shape index (κ3) is 7.73. The van der Waals surface area contributed by atoms with E-state index < -0.39 is 5.97 Å². The highest BCUT2D eigenvalue weighted by atomic mass is 35.5. The molecule has 2 N–H and O–H groups in total. The van der Waals surface area contributed by atoms with Crippen molar-refractivity contribution in [1.82, 2.24) is 10.2 Å². The number of amides is 2. The molecule has 0 heterocycles. The van der Waals surface area contributed by atoms with Gasteiger partial charge < -0.3 is 20.2 Å². The molecule has 0 aliphatic heterocycles. The monoisotopic (exact) mass is 541 g/mol. The van der Waals surface area contributed by atoms with Crippen molar-refractivity contribution in [1.29, 1.82) is 0 Å². The van der Waals surface area contributed by atoms with Crippen molar-refractivity contribution in [3.8, 4) is 0 Å². The Kier molecular flexibility index (Phi) is 9.82. The van der Waals surface area contributed by atoms with Gasteiger partial charge in [-0.25, -0.2) is 0 Å². The van der Waals surface area contributed by atoms with Gasteiger partial charge in [0.25, 0.3) is 5.91 Å². The zero-order valence-corrected chi connectivity index (χ0v) is 23.6. The van der Waals surface area contributed by atoms with Gasteiger partial charge in [0.05, 0.1) is 12.0 Å². The molecule has 0 bridgehead atoms. The van der Waals surface area contributed by atoms with Gasteiger partial charge >= 0.3 is 5.97 Å². The van der Waals surface area contributed by atoms with Crippen molar-refractivity contribution in [3.05, 3.63) is 64.7 Å². The number of hydrogen-bond acceptors (Lipinski definition) is 4. The van der Waals surface area contributed by atoms with Crippen LogP contribution in [0.3, 0.4) is 0 Å². The number of benzene rings is 2. The Balaban J connectivity index is 1.78. The Hall–Kier alpha value is -3.06. The molecule has 38 heavy (non-hydrogen) atoms. The summed E-state index contributed by atoms with van der Waals surface area (Å²) in [7, 11) is 2.06. The molecule has 1 saturated carbocycles. The van der Waals surface area contributed by atoms with Gasteiger partial charge in [0, 0.05) is 43.0 Å². The standard InChI is InChI=1S/C30H40ClN3O4/c1-29(2,3)24-13-16-30(17-14-24,20-33(4)26-11-9-25(31)10-12-26)34(21-35)19-22-5-7-23(8-6-22)28(38)32-18-15-27(36)37/h5-12,21,24H,13-20H2,1-4H3,(H,32,38)(H,36,37). The number of nitrogens with zero attached hydrogens (tertiary/aromatic N) is 2. The number of carboxylic acids is 1. The minimum Gasteiger partial charge on any atom is -0.481 e. The first-order chi connectivity index (χ1) is 17.9. The molecule has 7 nitrogen and oxygen atoms in total. The van der Waals surface area contributed by atoms with Crippen molar-refractivity contribution in [2.45, 2.75) is 65.0 Å². The van der Waals surface area contributed by atoms with E-state index in [0.29, 0.717) is 29.6 Å². The molecular weight excluding hydrogens is 502 g/mol. The number of carboxylic acid groups (broad SMARTS) is 1. The van der Waals surface area contributed by atoms with Crippen LogP contribution in [0.4, 0.5) is 5.69 Å². The van der Waals surface area contributed by atoms with Gasteiger partial charge in [-0.05, 0) is 79.0 Å². The molecule has 1 aliphatic rings. The Morgan fingerprint density at radius 3 is 2.21 bits per heavy atom. The number of anilines is 1. The summed E-state index contributed by atoms with van der Waals surface area (Å²) in [5.41, 5.74) is 2.34. The van der Waals surface area contributed by atoms with Crippen LogP contribution in [-0.2, 0) is 16.1 Å². The number of carbonyl (C=O) groups is 3. The molecular formula is C30H40ClN3O4. The minimum absolute atomic E-state index is 0.0774. The second kappa shape index (κ2) is 12.7. The van der Waals surface area contributed by atoms with Gasteiger partial charge in [0.15, 0.2) is 0 Å². The van der Waals surface area contributed by atoms with E-state index in [-0.39, 0.29) is 29.8 Å². The molecule has 2 amide bonds. The molecule has 2 aromatic rings. The van der Waals surface area contributed by atoms with Crippen molar-refractivity contribution >= 4 is 35.6 Å². The summed E-state index contributed by atoms with van der Waals surface area (Å²) < 4.78 is 0. The Bertz CT molecular complexity index is 1090. The van der Waals surface area contributed by atoms with Crippen LogP contribution >= 0.6 is 11.6 Å². The highest BCUT2D eigenvalue weighted by molar-refractivity contribution is 6.30. The first kappa shape index (κ1) is 29.5. The topological polar surface area (TPSA) is 90.0 Å². The van der Waals surface area contributed by atoms with Crippen LogP contribution in [-0.4, -0.2) is 54.0 Å². The fourth-order valence-electron chi connectivity index (χ4n) is 5.45. The number of rotatable bonds is 11. The fourth-order valence-corrected chi connectivity index (χ4v) is 5.57. The Morgan fingerprint density at radius 2 is 1.68 bits per heavy atom. The van der Waals surface area contributed by atoms with Gasteiger partial charge in [-0.3, -0.25) is 14.4 Å².